The monoisotopic (exact) mass is 200 g/mol. The Labute approximate surface area is 83.9 Å². The summed E-state index contributed by atoms with van der Waals surface area (Å²) in [5.41, 5.74) is 7.06. The number of nitrogens with zero attached hydrogens (tertiary/aromatic N) is 1. The van der Waals surface area contributed by atoms with Crippen molar-refractivity contribution in [3.63, 3.8) is 0 Å². The number of benzene rings is 1. The normalized spacial score (nSPS) is 8.77. The first-order valence-corrected chi connectivity index (χ1v) is 3.71. The van der Waals surface area contributed by atoms with Crippen molar-refractivity contribution in [2.75, 3.05) is 17.7 Å². The molecule has 1 aromatic carbocycles. The summed E-state index contributed by atoms with van der Waals surface area (Å²) < 4.78 is 0. The number of hydrogen-bond donors (Lipinski definition) is 1. The summed E-state index contributed by atoms with van der Waals surface area (Å²) in [6, 6.07) is 7.18. The molecule has 0 spiro atoms. The number of nitrogen functional groups attached to an aromatic ring is 1. The molecule has 0 bridgehead atoms. The number of anilines is 2. The SMILES string of the molecule is CC(=O)N(C)c1ccc(N)cc1.Cl. The fourth-order valence-corrected chi connectivity index (χ4v) is 0.880. The van der Waals surface area contributed by atoms with E-state index in [1.54, 1.807) is 24.1 Å². The average Bonchev–Trinajstić information content (AvgIpc) is 2.04. The molecule has 3 nitrogen and oxygen atoms in total. The Hall–Kier alpha value is -1.22. The van der Waals surface area contributed by atoms with E-state index in [4.69, 9.17) is 5.73 Å². The maximum Gasteiger partial charge on any atom is 0.223 e. The maximum absolute atomic E-state index is 10.9. The number of carbonyl (C=O) groups is 1. The van der Waals surface area contributed by atoms with Crippen LogP contribution in [0.5, 0.6) is 0 Å². The molecular formula is C9H13ClN2O. The molecule has 0 aliphatic heterocycles. The lowest BCUT2D eigenvalue weighted by molar-refractivity contribution is -0.116. The predicted molar refractivity (Wildman–Crippen MR) is 57.2 cm³/mol. The second-order valence-corrected chi connectivity index (χ2v) is 2.67. The van der Waals surface area contributed by atoms with Gasteiger partial charge >= 0.3 is 0 Å². The molecule has 0 radical (unpaired) electrons. The Morgan fingerprint density at radius 2 is 1.77 bits per heavy atom. The molecule has 2 N–H and O–H groups in total. The van der Waals surface area contributed by atoms with Gasteiger partial charge in [-0.15, -0.1) is 12.4 Å². The molecule has 0 unspecified atom stereocenters. The fourth-order valence-electron chi connectivity index (χ4n) is 0.880. The van der Waals surface area contributed by atoms with Gasteiger partial charge in [0.1, 0.15) is 0 Å². The highest BCUT2D eigenvalue weighted by molar-refractivity contribution is 5.90. The van der Waals surface area contributed by atoms with Gasteiger partial charge in [-0.2, -0.15) is 0 Å². The van der Waals surface area contributed by atoms with Crippen molar-refractivity contribution < 1.29 is 4.79 Å². The van der Waals surface area contributed by atoms with Crippen molar-refractivity contribution in [2.24, 2.45) is 0 Å². The minimum absolute atomic E-state index is 0. The highest BCUT2D eigenvalue weighted by Gasteiger charge is 2.03. The second-order valence-electron chi connectivity index (χ2n) is 2.67. The lowest BCUT2D eigenvalue weighted by Crippen LogP contribution is -2.22. The van der Waals surface area contributed by atoms with Gasteiger partial charge in [0.25, 0.3) is 0 Å². The molecule has 1 rings (SSSR count). The zero-order valence-corrected chi connectivity index (χ0v) is 8.47. The highest BCUT2D eigenvalue weighted by atomic mass is 35.5. The number of nitrogens with two attached hydrogens (primary N) is 1. The molecule has 1 aromatic rings. The van der Waals surface area contributed by atoms with E-state index in [1.165, 1.54) is 6.92 Å². The number of halogens is 1. The summed E-state index contributed by atoms with van der Waals surface area (Å²) in [6.45, 7) is 1.52. The fraction of sp³-hybridized carbons (Fsp3) is 0.222. The molecular weight excluding hydrogens is 188 g/mol. The molecule has 0 atom stereocenters. The number of hydrogen-bond acceptors (Lipinski definition) is 2. The Bertz CT molecular complexity index is 284. The first-order valence-electron chi connectivity index (χ1n) is 3.71. The highest BCUT2D eigenvalue weighted by Crippen LogP contribution is 2.14. The molecule has 13 heavy (non-hydrogen) atoms. The zero-order valence-electron chi connectivity index (χ0n) is 7.65. The van der Waals surface area contributed by atoms with E-state index >= 15 is 0 Å². The molecule has 0 aliphatic rings. The number of rotatable bonds is 1. The van der Waals surface area contributed by atoms with Crippen LogP contribution in [0.15, 0.2) is 24.3 Å². The van der Waals surface area contributed by atoms with Crippen LogP contribution in [0.3, 0.4) is 0 Å². The predicted octanol–water partition coefficient (Wildman–Crippen LogP) is 1.67. The molecule has 72 valence electrons. The minimum Gasteiger partial charge on any atom is -0.399 e. The van der Waals surface area contributed by atoms with Crippen LogP contribution >= 0.6 is 12.4 Å². The van der Waals surface area contributed by atoms with E-state index in [-0.39, 0.29) is 18.3 Å². The van der Waals surface area contributed by atoms with Crippen molar-refractivity contribution in [3.8, 4) is 0 Å². The molecule has 0 aliphatic carbocycles. The molecule has 0 fully saturated rings. The molecule has 0 saturated heterocycles. The van der Waals surface area contributed by atoms with E-state index < -0.39 is 0 Å². The Kier molecular flexibility index (Phi) is 4.28. The molecule has 0 saturated carbocycles. The molecule has 0 aromatic heterocycles. The second kappa shape index (κ2) is 4.72. The summed E-state index contributed by atoms with van der Waals surface area (Å²) >= 11 is 0. The summed E-state index contributed by atoms with van der Waals surface area (Å²) in [5.74, 6) is 0.0137. The van der Waals surface area contributed by atoms with E-state index in [1.807, 2.05) is 12.1 Å². The van der Waals surface area contributed by atoms with Crippen LogP contribution in [-0.2, 0) is 4.79 Å². The van der Waals surface area contributed by atoms with E-state index in [0.717, 1.165) is 5.69 Å². The van der Waals surface area contributed by atoms with Crippen molar-refractivity contribution in [1.82, 2.24) is 0 Å². The first-order chi connectivity index (χ1) is 5.61. The summed E-state index contributed by atoms with van der Waals surface area (Å²) in [6.07, 6.45) is 0. The van der Waals surface area contributed by atoms with Gasteiger partial charge in [0.2, 0.25) is 5.91 Å². The van der Waals surface area contributed by atoms with Crippen LogP contribution < -0.4 is 10.6 Å². The summed E-state index contributed by atoms with van der Waals surface area (Å²) in [4.78, 5) is 12.5. The summed E-state index contributed by atoms with van der Waals surface area (Å²) in [7, 11) is 1.73. The topological polar surface area (TPSA) is 46.3 Å². The number of amides is 1. The van der Waals surface area contributed by atoms with Crippen molar-refractivity contribution in [1.29, 1.82) is 0 Å². The first kappa shape index (κ1) is 11.8. The molecule has 0 heterocycles. The van der Waals surface area contributed by atoms with Crippen LogP contribution in [0.4, 0.5) is 11.4 Å². The zero-order chi connectivity index (χ0) is 9.14. The Morgan fingerprint density at radius 1 is 1.31 bits per heavy atom. The van der Waals surface area contributed by atoms with Gasteiger partial charge < -0.3 is 10.6 Å². The van der Waals surface area contributed by atoms with Crippen LogP contribution in [-0.4, -0.2) is 13.0 Å². The van der Waals surface area contributed by atoms with Gasteiger partial charge in [-0.05, 0) is 24.3 Å². The van der Waals surface area contributed by atoms with Gasteiger partial charge in [-0.3, -0.25) is 4.79 Å². The van der Waals surface area contributed by atoms with Crippen LogP contribution in [0.1, 0.15) is 6.92 Å². The third-order valence-electron chi connectivity index (χ3n) is 1.75. The lowest BCUT2D eigenvalue weighted by atomic mass is 10.2. The smallest absolute Gasteiger partial charge is 0.223 e. The number of carbonyl (C=O) groups excluding carboxylic acids is 1. The largest absolute Gasteiger partial charge is 0.399 e. The van der Waals surface area contributed by atoms with Crippen LogP contribution in [0.2, 0.25) is 0 Å². The third-order valence-corrected chi connectivity index (χ3v) is 1.75. The minimum atomic E-state index is 0. The quantitative estimate of drug-likeness (QED) is 0.702. The molecule has 4 heteroatoms. The Balaban J connectivity index is 0.00000144. The average molecular weight is 201 g/mol. The third kappa shape index (κ3) is 2.95. The lowest BCUT2D eigenvalue weighted by Gasteiger charge is -2.14. The van der Waals surface area contributed by atoms with Crippen molar-refractivity contribution in [2.45, 2.75) is 6.92 Å². The molecule has 1 amide bonds. The summed E-state index contributed by atoms with van der Waals surface area (Å²) in [5, 5.41) is 0. The van der Waals surface area contributed by atoms with Gasteiger partial charge in [0, 0.05) is 25.3 Å². The van der Waals surface area contributed by atoms with Gasteiger partial charge in [-0.25, -0.2) is 0 Å². The van der Waals surface area contributed by atoms with Crippen LogP contribution in [0, 0.1) is 0 Å². The van der Waals surface area contributed by atoms with Gasteiger partial charge in [0.05, 0.1) is 0 Å². The standard InChI is InChI=1S/C9H12N2O.ClH/c1-7(12)11(2)9-5-3-8(10)4-6-9;/h3-6H,10H2,1-2H3;1H. The van der Waals surface area contributed by atoms with E-state index in [9.17, 15) is 4.79 Å². The Morgan fingerprint density at radius 3 is 2.15 bits per heavy atom. The maximum atomic E-state index is 10.9. The van der Waals surface area contributed by atoms with E-state index in [2.05, 4.69) is 0 Å². The van der Waals surface area contributed by atoms with Gasteiger partial charge in [0.15, 0.2) is 0 Å². The van der Waals surface area contributed by atoms with Crippen molar-refractivity contribution in [3.05, 3.63) is 24.3 Å². The van der Waals surface area contributed by atoms with Crippen LogP contribution in [0.25, 0.3) is 0 Å². The van der Waals surface area contributed by atoms with Gasteiger partial charge in [-0.1, -0.05) is 0 Å². The van der Waals surface area contributed by atoms with E-state index in [0.29, 0.717) is 5.69 Å². The van der Waals surface area contributed by atoms with Crippen molar-refractivity contribution >= 4 is 29.7 Å².